The fraction of sp³-hybridized carbons (Fsp3) is 0.579. The molecule has 0 fully saturated rings. The van der Waals surface area contributed by atoms with Crippen molar-refractivity contribution in [3.8, 4) is 5.75 Å². The summed E-state index contributed by atoms with van der Waals surface area (Å²) in [5.74, 6) is 2.27. The third-order valence-electron chi connectivity index (χ3n) is 3.58. The second-order valence-corrected chi connectivity index (χ2v) is 5.90. The Morgan fingerprint density at radius 1 is 1.10 bits per heavy atom. The first-order valence-electron chi connectivity index (χ1n) is 8.06. The summed E-state index contributed by atoms with van der Waals surface area (Å²) < 4.78 is 5.91. The van der Waals surface area contributed by atoms with Gasteiger partial charge in [-0.2, -0.15) is 0 Å². The summed E-state index contributed by atoms with van der Waals surface area (Å²) in [7, 11) is 0. The average molecular weight is 274 g/mol. The number of unbranched alkanes of at least 4 members (excludes halogenated alkanes) is 1. The molecular weight excluding hydrogens is 244 g/mol. The van der Waals surface area contributed by atoms with Crippen molar-refractivity contribution in [1.29, 1.82) is 0 Å². The van der Waals surface area contributed by atoms with E-state index >= 15 is 0 Å². The molecule has 1 aromatic carbocycles. The summed E-state index contributed by atoms with van der Waals surface area (Å²) in [4.78, 5) is 0. The summed E-state index contributed by atoms with van der Waals surface area (Å²) in [6.07, 6.45) is 9.45. The molecule has 0 aliphatic heterocycles. The highest BCUT2D eigenvalue weighted by Gasteiger charge is 2.06. The van der Waals surface area contributed by atoms with E-state index in [1.54, 1.807) is 0 Å². The van der Waals surface area contributed by atoms with Gasteiger partial charge in [-0.3, -0.25) is 0 Å². The van der Waals surface area contributed by atoms with Crippen LogP contribution in [0, 0.1) is 11.8 Å². The quantitative estimate of drug-likeness (QED) is 0.540. The minimum Gasteiger partial charge on any atom is -0.493 e. The lowest BCUT2D eigenvalue weighted by Gasteiger charge is -2.15. The molecule has 0 aromatic heterocycles. The molecule has 0 spiro atoms. The Hall–Kier alpha value is -1.24. The van der Waals surface area contributed by atoms with Crippen molar-refractivity contribution < 1.29 is 4.74 Å². The van der Waals surface area contributed by atoms with Crippen LogP contribution in [-0.4, -0.2) is 6.61 Å². The normalized spacial score (nSPS) is 13.1. The SMILES string of the molecule is CCCCC(CC)COc1ccc(/C=C/C(C)C)cc1. The highest BCUT2D eigenvalue weighted by atomic mass is 16.5. The first-order valence-corrected chi connectivity index (χ1v) is 8.06. The highest BCUT2D eigenvalue weighted by molar-refractivity contribution is 5.50. The van der Waals surface area contributed by atoms with Gasteiger partial charge in [0.05, 0.1) is 6.61 Å². The molecule has 0 bridgehead atoms. The van der Waals surface area contributed by atoms with Gasteiger partial charge in [0.2, 0.25) is 0 Å². The van der Waals surface area contributed by atoms with Gasteiger partial charge in [0, 0.05) is 0 Å². The molecule has 1 unspecified atom stereocenters. The molecular formula is C19H30O. The monoisotopic (exact) mass is 274 g/mol. The van der Waals surface area contributed by atoms with Crippen molar-refractivity contribution in [3.05, 3.63) is 35.9 Å². The smallest absolute Gasteiger partial charge is 0.119 e. The zero-order valence-corrected chi connectivity index (χ0v) is 13.6. The van der Waals surface area contributed by atoms with Crippen LogP contribution in [0.25, 0.3) is 6.08 Å². The lowest BCUT2D eigenvalue weighted by atomic mass is 10.0. The predicted molar refractivity (Wildman–Crippen MR) is 89.1 cm³/mol. The summed E-state index contributed by atoms with van der Waals surface area (Å²) in [6.45, 7) is 9.72. The van der Waals surface area contributed by atoms with Crippen molar-refractivity contribution in [3.63, 3.8) is 0 Å². The van der Waals surface area contributed by atoms with Crippen molar-refractivity contribution in [1.82, 2.24) is 0 Å². The molecule has 0 radical (unpaired) electrons. The van der Waals surface area contributed by atoms with Gasteiger partial charge in [0.25, 0.3) is 0 Å². The minimum absolute atomic E-state index is 0.592. The maximum atomic E-state index is 5.91. The maximum Gasteiger partial charge on any atom is 0.119 e. The Morgan fingerprint density at radius 3 is 2.35 bits per heavy atom. The van der Waals surface area contributed by atoms with Crippen LogP contribution in [-0.2, 0) is 0 Å². The molecule has 0 aliphatic carbocycles. The Kier molecular flexibility index (Phi) is 8.10. The zero-order chi connectivity index (χ0) is 14.8. The number of allylic oxidation sites excluding steroid dienone is 1. The molecule has 0 saturated heterocycles. The number of hydrogen-bond donors (Lipinski definition) is 0. The second-order valence-electron chi connectivity index (χ2n) is 5.90. The third-order valence-corrected chi connectivity index (χ3v) is 3.58. The van der Waals surface area contributed by atoms with E-state index in [2.05, 4.69) is 64.1 Å². The van der Waals surface area contributed by atoms with Crippen LogP contribution in [0.15, 0.2) is 30.3 Å². The highest BCUT2D eigenvalue weighted by Crippen LogP contribution is 2.18. The summed E-state index contributed by atoms with van der Waals surface area (Å²) >= 11 is 0. The Balaban J connectivity index is 2.44. The molecule has 0 heterocycles. The number of benzene rings is 1. The van der Waals surface area contributed by atoms with E-state index in [0.29, 0.717) is 11.8 Å². The van der Waals surface area contributed by atoms with Crippen LogP contribution in [0.1, 0.15) is 58.9 Å². The lowest BCUT2D eigenvalue weighted by Crippen LogP contribution is -2.11. The van der Waals surface area contributed by atoms with Crippen molar-refractivity contribution in [2.75, 3.05) is 6.61 Å². The van der Waals surface area contributed by atoms with Crippen LogP contribution in [0.4, 0.5) is 0 Å². The van der Waals surface area contributed by atoms with E-state index < -0.39 is 0 Å². The van der Waals surface area contributed by atoms with Gasteiger partial charge in [0.15, 0.2) is 0 Å². The second kappa shape index (κ2) is 9.63. The van der Waals surface area contributed by atoms with Gasteiger partial charge < -0.3 is 4.74 Å². The van der Waals surface area contributed by atoms with Crippen molar-refractivity contribution in [2.45, 2.75) is 53.4 Å². The summed E-state index contributed by atoms with van der Waals surface area (Å²) in [6, 6.07) is 8.40. The summed E-state index contributed by atoms with van der Waals surface area (Å²) in [5.41, 5.74) is 1.24. The first kappa shape index (κ1) is 16.8. The largest absolute Gasteiger partial charge is 0.493 e. The molecule has 0 N–H and O–H groups in total. The molecule has 0 amide bonds. The van der Waals surface area contributed by atoms with Gasteiger partial charge in [-0.25, -0.2) is 0 Å². The molecule has 20 heavy (non-hydrogen) atoms. The van der Waals surface area contributed by atoms with Gasteiger partial charge in [-0.1, -0.05) is 71.2 Å². The topological polar surface area (TPSA) is 9.23 Å². The molecule has 0 saturated carbocycles. The predicted octanol–water partition coefficient (Wildman–Crippen LogP) is 5.95. The fourth-order valence-electron chi connectivity index (χ4n) is 2.09. The van der Waals surface area contributed by atoms with Crippen molar-refractivity contribution in [2.24, 2.45) is 11.8 Å². The van der Waals surface area contributed by atoms with Gasteiger partial charge in [-0.05, 0) is 36.0 Å². The van der Waals surface area contributed by atoms with E-state index in [1.807, 2.05) is 0 Å². The standard InChI is InChI=1S/C19H30O/c1-5-7-8-17(6-2)15-20-19-13-11-18(12-14-19)10-9-16(3)4/h9-14,16-17H,5-8,15H2,1-4H3/b10-9+. The van der Waals surface area contributed by atoms with Crippen LogP contribution >= 0.6 is 0 Å². The van der Waals surface area contributed by atoms with Crippen molar-refractivity contribution >= 4 is 6.08 Å². The maximum absolute atomic E-state index is 5.91. The molecule has 1 atom stereocenters. The van der Waals surface area contributed by atoms with E-state index in [9.17, 15) is 0 Å². The lowest BCUT2D eigenvalue weighted by molar-refractivity contribution is 0.233. The molecule has 112 valence electrons. The van der Waals surface area contributed by atoms with Crippen LogP contribution in [0.2, 0.25) is 0 Å². The number of hydrogen-bond acceptors (Lipinski definition) is 1. The van der Waals surface area contributed by atoms with Gasteiger partial charge >= 0.3 is 0 Å². The third kappa shape index (κ3) is 6.79. The fourth-order valence-corrected chi connectivity index (χ4v) is 2.09. The Morgan fingerprint density at radius 2 is 1.80 bits per heavy atom. The Labute approximate surface area is 125 Å². The molecule has 1 nitrogen and oxygen atoms in total. The van der Waals surface area contributed by atoms with Crippen LogP contribution in [0.5, 0.6) is 5.75 Å². The molecule has 1 heteroatoms. The van der Waals surface area contributed by atoms with Gasteiger partial charge in [0.1, 0.15) is 5.75 Å². The van der Waals surface area contributed by atoms with Crippen LogP contribution in [0.3, 0.4) is 0 Å². The van der Waals surface area contributed by atoms with E-state index in [1.165, 1.54) is 31.2 Å². The molecule has 1 rings (SSSR count). The van der Waals surface area contributed by atoms with Gasteiger partial charge in [-0.15, -0.1) is 0 Å². The van der Waals surface area contributed by atoms with E-state index in [0.717, 1.165) is 12.4 Å². The number of rotatable bonds is 9. The van der Waals surface area contributed by atoms with Crippen LogP contribution < -0.4 is 4.74 Å². The Bertz CT molecular complexity index is 375. The summed E-state index contributed by atoms with van der Waals surface area (Å²) in [5, 5.41) is 0. The zero-order valence-electron chi connectivity index (χ0n) is 13.6. The average Bonchev–Trinajstić information content (AvgIpc) is 2.46. The minimum atomic E-state index is 0.592. The van der Waals surface area contributed by atoms with E-state index in [-0.39, 0.29) is 0 Å². The first-order chi connectivity index (χ1) is 9.65. The number of ether oxygens (including phenoxy) is 1. The van der Waals surface area contributed by atoms with E-state index in [4.69, 9.17) is 4.74 Å². The molecule has 1 aromatic rings. The molecule has 0 aliphatic rings.